The van der Waals surface area contributed by atoms with Crippen LogP contribution in [0.25, 0.3) is 0 Å². The molecule has 102 valence electrons. The number of aromatic nitrogens is 2. The SMILES string of the molecule is CCC1CCC(NS(=O)(=O)c2cn[nH]c2C)C1C. The third kappa shape index (κ3) is 2.44. The van der Waals surface area contributed by atoms with Gasteiger partial charge in [0.05, 0.1) is 11.9 Å². The summed E-state index contributed by atoms with van der Waals surface area (Å²) < 4.78 is 27.3. The molecule has 0 amide bonds. The number of rotatable bonds is 4. The Labute approximate surface area is 108 Å². The summed E-state index contributed by atoms with van der Waals surface area (Å²) in [7, 11) is -3.44. The Morgan fingerprint density at radius 1 is 1.50 bits per heavy atom. The molecule has 1 aromatic heterocycles. The van der Waals surface area contributed by atoms with Gasteiger partial charge in [0, 0.05) is 6.04 Å². The van der Waals surface area contributed by atoms with Gasteiger partial charge in [-0.05, 0) is 31.6 Å². The molecule has 0 aliphatic heterocycles. The quantitative estimate of drug-likeness (QED) is 0.877. The maximum absolute atomic E-state index is 12.2. The zero-order valence-electron chi connectivity index (χ0n) is 11.1. The maximum Gasteiger partial charge on any atom is 0.244 e. The molecule has 18 heavy (non-hydrogen) atoms. The Balaban J connectivity index is 2.13. The minimum absolute atomic E-state index is 0.0502. The van der Waals surface area contributed by atoms with Crippen LogP contribution in [0, 0.1) is 18.8 Å². The molecular weight excluding hydrogens is 250 g/mol. The zero-order valence-corrected chi connectivity index (χ0v) is 11.9. The van der Waals surface area contributed by atoms with E-state index in [2.05, 4.69) is 28.8 Å². The largest absolute Gasteiger partial charge is 0.281 e. The molecule has 0 aromatic carbocycles. The van der Waals surface area contributed by atoms with Gasteiger partial charge in [0.1, 0.15) is 4.90 Å². The number of sulfonamides is 1. The Morgan fingerprint density at radius 3 is 2.72 bits per heavy atom. The average molecular weight is 271 g/mol. The molecule has 0 spiro atoms. The van der Waals surface area contributed by atoms with Crippen molar-refractivity contribution in [3.05, 3.63) is 11.9 Å². The highest BCUT2D eigenvalue weighted by Crippen LogP contribution is 2.34. The molecule has 0 radical (unpaired) electrons. The summed E-state index contributed by atoms with van der Waals surface area (Å²) in [5, 5.41) is 6.43. The molecule has 1 heterocycles. The summed E-state index contributed by atoms with van der Waals surface area (Å²) in [4.78, 5) is 0.259. The van der Waals surface area contributed by atoms with Crippen LogP contribution in [0.4, 0.5) is 0 Å². The van der Waals surface area contributed by atoms with Crippen LogP contribution in [-0.2, 0) is 10.0 Å². The van der Waals surface area contributed by atoms with Crippen LogP contribution in [0.1, 0.15) is 38.8 Å². The third-order valence-corrected chi connectivity index (χ3v) is 5.73. The van der Waals surface area contributed by atoms with Crippen LogP contribution in [0.2, 0.25) is 0 Å². The topological polar surface area (TPSA) is 74.8 Å². The van der Waals surface area contributed by atoms with E-state index in [1.807, 2.05) is 0 Å². The summed E-state index contributed by atoms with van der Waals surface area (Å²) in [6, 6.07) is 0.0502. The van der Waals surface area contributed by atoms with Crippen molar-refractivity contribution in [2.24, 2.45) is 11.8 Å². The van der Waals surface area contributed by atoms with Crippen molar-refractivity contribution >= 4 is 10.0 Å². The fraction of sp³-hybridized carbons (Fsp3) is 0.750. The zero-order chi connectivity index (χ0) is 13.3. The van der Waals surface area contributed by atoms with Gasteiger partial charge in [-0.15, -0.1) is 0 Å². The van der Waals surface area contributed by atoms with Crippen molar-refractivity contribution < 1.29 is 8.42 Å². The Kier molecular flexibility index (Phi) is 3.77. The summed E-state index contributed by atoms with van der Waals surface area (Å²) >= 11 is 0. The molecule has 5 nitrogen and oxygen atoms in total. The average Bonchev–Trinajstić information content (AvgIpc) is 2.87. The maximum atomic E-state index is 12.2. The van der Waals surface area contributed by atoms with Crippen molar-refractivity contribution in [1.29, 1.82) is 0 Å². The Hall–Kier alpha value is -0.880. The van der Waals surface area contributed by atoms with Crippen molar-refractivity contribution in [3.8, 4) is 0 Å². The van der Waals surface area contributed by atoms with Crippen LogP contribution in [0.3, 0.4) is 0 Å². The number of hydrogen-bond acceptors (Lipinski definition) is 3. The van der Waals surface area contributed by atoms with Gasteiger partial charge in [0.2, 0.25) is 10.0 Å². The number of aromatic amines is 1. The van der Waals surface area contributed by atoms with E-state index in [9.17, 15) is 8.42 Å². The third-order valence-electron chi connectivity index (χ3n) is 4.13. The molecule has 3 unspecified atom stereocenters. The van der Waals surface area contributed by atoms with Gasteiger partial charge in [-0.1, -0.05) is 20.3 Å². The number of hydrogen-bond donors (Lipinski definition) is 2. The highest BCUT2D eigenvalue weighted by Gasteiger charge is 2.34. The highest BCUT2D eigenvalue weighted by molar-refractivity contribution is 7.89. The first-order chi connectivity index (χ1) is 8.45. The van der Waals surface area contributed by atoms with Gasteiger partial charge in [0.25, 0.3) is 0 Å². The molecule has 0 saturated heterocycles. The monoisotopic (exact) mass is 271 g/mol. The standard InChI is InChI=1S/C12H21N3O2S/c1-4-10-5-6-11(8(10)2)15-18(16,17)12-7-13-14-9(12)3/h7-8,10-11,15H,4-6H2,1-3H3,(H,13,14). The van der Waals surface area contributed by atoms with Crippen molar-refractivity contribution in [1.82, 2.24) is 14.9 Å². The second-order valence-corrected chi connectivity index (χ2v) is 6.87. The number of aryl methyl sites for hydroxylation is 1. The lowest BCUT2D eigenvalue weighted by atomic mass is 9.94. The second-order valence-electron chi connectivity index (χ2n) is 5.19. The number of nitrogens with one attached hydrogen (secondary N) is 2. The highest BCUT2D eigenvalue weighted by atomic mass is 32.2. The first kappa shape index (κ1) is 13.5. The van der Waals surface area contributed by atoms with Gasteiger partial charge in [0.15, 0.2) is 0 Å². The van der Waals surface area contributed by atoms with Crippen molar-refractivity contribution in [3.63, 3.8) is 0 Å². The van der Waals surface area contributed by atoms with Gasteiger partial charge in [-0.3, -0.25) is 5.10 Å². The lowest BCUT2D eigenvalue weighted by Gasteiger charge is -2.20. The molecule has 2 rings (SSSR count). The van der Waals surface area contributed by atoms with Crippen LogP contribution in [-0.4, -0.2) is 24.7 Å². The van der Waals surface area contributed by atoms with Crippen LogP contribution >= 0.6 is 0 Å². The predicted octanol–water partition coefficient (Wildman–Crippen LogP) is 1.82. The van der Waals surface area contributed by atoms with E-state index >= 15 is 0 Å². The summed E-state index contributed by atoms with van der Waals surface area (Å²) in [6.07, 6.45) is 4.52. The molecule has 1 aromatic rings. The number of H-pyrrole nitrogens is 1. The van der Waals surface area contributed by atoms with E-state index in [1.54, 1.807) is 6.92 Å². The summed E-state index contributed by atoms with van der Waals surface area (Å²) in [5.74, 6) is 1.03. The van der Waals surface area contributed by atoms with E-state index in [-0.39, 0.29) is 10.9 Å². The lowest BCUT2D eigenvalue weighted by Crippen LogP contribution is -2.37. The van der Waals surface area contributed by atoms with E-state index < -0.39 is 10.0 Å². The summed E-state index contributed by atoms with van der Waals surface area (Å²) in [5.41, 5.74) is 0.584. The molecular formula is C12H21N3O2S. The van der Waals surface area contributed by atoms with E-state index in [1.165, 1.54) is 6.20 Å². The normalized spacial score (nSPS) is 28.7. The van der Waals surface area contributed by atoms with E-state index in [0.717, 1.165) is 19.3 Å². The van der Waals surface area contributed by atoms with Crippen LogP contribution in [0.5, 0.6) is 0 Å². The molecule has 3 atom stereocenters. The molecule has 1 aliphatic rings. The first-order valence-electron chi connectivity index (χ1n) is 6.48. The van der Waals surface area contributed by atoms with Crippen molar-refractivity contribution in [2.45, 2.75) is 51.0 Å². The molecule has 6 heteroatoms. The minimum atomic E-state index is -3.44. The first-order valence-corrected chi connectivity index (χ1v) is 7.96. The van der Waals surface area contributed by atoms with E-state index in [4.69, 9.17) is 0 Å². The fourth-order valence-corrected chi connectivity index (χ4v) is 4.36. The van der Waals surface area contributed by atoms with Crippen LogP contribution < -0.4 is 4.72 Å². The Bertz CT molecular complexity index is 509. The van der Waals surface area contributed by atoms with Crippen LogP contribution in [0.15, 0.2) is 11.1 Å². The minimum Gasteiger partial charge on any atom is -0.281 e. The second kappa shape index (κ2) is 5.01. The molecule has 1 fully saturated rings. The molecule has 1 aliphatic carbocycles. The summed E-state index contributed by atoms with van der Waals surface area (Å²) in [6.45, 7) is 6.02. The fourth-order valence-electron chi connectivity index (χ4n) is 2.86. The lowest BCUT2D eigenvalue weighted by molar-refractivity contribution is 0.368. The smallest absolute Gasteiger partial charge is 0.244 e. The number of nitrogens with zero attached hydrogens (tertiary/aromatic N) is 1. The van der Waals surface area contributed by atoms with E-state index in [0.29, 0.717) is 17.5 Å². The van der Waals surface area contributed by atoms with Crippen molar-refractivity contribution in [2.75, 3.05) is 0 Å². The van der Waals surface area contributed by atoms with Gasteiger partial charge in [-0.25, -0.2) is 13.1 Å². The molecule has 0 bridgehead atoms. The Morgan fingerprint density at radius 2 is 2.22 bits per heavy atom. The van der Waals surface area contributed by atoms with Gasteiger partial charge >= 0.3 is 0 Å². The van der Waals surface area contributed by atoms with Gasteiger partial charge < -0.3 is 0 Å². The molecule has 2 N–H and O–H groups in total. The molecule has 1 saturated carbocycles. The predicted molar refractivity (Wildman–Crippen MR) is 69.6 cm³/mol. The van der Waals surface area contributed by atoms with Gasteiger partial charge in [-0.2, -0.15) is 5.10 Å².